The molecule has 4 aromatic rings. The SMILES string of the molecule is Fc1ccc(-n2ccc(CNc3ccc(-n4cccn4)c(F)c3)n2)c(F)c1. The lowest BCUT2D eigenvalue weighted by atomic mass is 10.2. The monoisotopic (exact) mass is 369 g/mol. The summed E-state index contributed by atoms with van der Waals surface area (Å²) < 4.78 is 43.9. The molecule has 1 N–H and O–H groups in total. The number of nitrogens with one attached hydrogen (secondary N) is 1. The Morgan fingerprint density at radius 3 is 2.37 bits per heavy atom. The molecule has 0 amide bonds. The van der Waals surface area contributed by atoms with Gasteiger partial charge >= 0.3 is 0 Å². The van der Waals surface area contributed by atoms with Gasteiger partial charge in [-0.25, -0.2) is 22.5 Å². The first-order valence-electron chi connectivity index (χ1n) is 8.13. The molecule has 2 aromatic heterocycles. The van der Waals surface area contributed by atoms with Gasteiger partial charge in [0.25, 0.3) is 0 Å². The zero-order chi connectivity index (χ0) is 18.8. The standard InChI is InChI=1S/C19H14F3N5/c20-13-2-4-19(16(21)10-13)27-9-6-15(25-27)12-23-14-3-5-18(17(22)11-14)26-8-1-7-24-26/h1-11,23H,12H2. The van der Waals surface area contributed by atoms with Gasteiger partial charge in [0, 0.05) is 30.3 Å². The van der Waals surface area contributed by atoms with Crippen LogP contribution in [0.25, 0.3) is 11.4 Å². The fourth-order valence-electron chi connectivity index (χ4n) is 2.66. The molecule has 136 valence electrons. The van der Waals surface area contributed by atoms with E-state index in [0.29, 0.717) is 23.6 Å². The van der Waals surface area contributed by atoms with Gasteiger partial charge in [-0.15, -0.1) is 0 Å². The van der Waals surface area contributed by atoms with Gasteiger partial charge in [0.05, 0.1) is 12.2 Å². The van der Waals surface area contributed by atoms with Crippen LogP contribution in [-0.4, -0.2) is 19.6 Å². The van der Waals surface area contributed by atoms with Crippen LogP contribution in [0.4, 0.5) is 18.9 Å². The Bertz CT molecular complexity index is 1070. The van der Waals surface area contributed by atoms with E-state index in [1.807, 2.05) is 0 Å². The van der Waals surface area contributed by atoms with E-state index in [1.165, 1.54) is 27.6 Å². The van der Waals surface area contributed by atoms with E-state index >= 15 is 0 Å². The van der Waals surface area contributed by atoms with E-state index in [2.05, 4.69) is 15.5 Å². The van der Waals surface area contributed by atoms with Gasteiger partial charge < -0.3 is 5.32 Å². The lowest BCUT2D eigenvalue weighted by Gasteiger charge is -2.08. The average molecular weight is 369 g/mol. The van der Waals surface area contributed by atoms with Crippen molar-refractivity contribution in [3.8, 4) is 11.4 Å². The largest absolute Gasteiger partial charge is 0.379 e. The number of hydrogen-bond acceptors (Lipinski definition) is 3. The average Bonchev–Trinajstić information content (AvgIpc) is 3.32. The molecule has 0 bridgehead atoms. The van der Waals surface area contributed by atoms with Crippen LogP contribution in [0.1, 0.15) is 5.69 Å². The quantitative estimate of drug-likeness (QED) is 0.577. The van der Waals surface area contributed by atoms with Crippen LogP contribution >= 0.6 is 0 Å². The van der Waals surface area contributed by atoms with Crippen LogP contribution < -0.4 is 5.32 Å². The summed E-state index contributed by atoms with van der Waals surface area (Å²) >= 11 is 0. The summed E-state index contributed by atoms with van der Waals surface area (Å²) in [6, 6.07) is 11.4. The van der Waals surface area contributed by atoms with Crippen LogP contribution in [0.5, 0.6) is 0 Å². The topological polar surface area (TPSA) is 47.7 Å². The predicted molar refractivity (Wildman–Crippen MR) is 94.3 cm³/mol. The molecule has 5 nitrogen and oxygen atoms in total. The van der Waals surface area contributed by atoms with Gasteiger partial charge in [-0.1, -0.05) is 0 Å². The molecule has 0 aliphatic rings. The molecular weight excluding hydrogens is 355 g/mol. The number of nitrogens with zero attached hydrogens (tertiary/aromatic N) is 4. The van der Waals surface area contributed by atoms with Crippen LogP contribution in [0.3, 0.4) is 0 Å². The maximum absolute atomic E-state index is 14.2. The molecule has 0 aliphatic carbocycles. The fourth-order valence-corrected chi connectivity index (χ4v) is 2.66. The zero-order valence-corrected chi connectivity index (χ0v) is 14.0. The van der Waals surface area contributed by atoms with Gasteiger partial charge in [-0.05, 0) is 42.5 Å². The summed E-state index contributed by atoms with van der Waals surface area (Å²) in [5.74, 6) is -1.76. The van der Waals surface area contributed by atoms with Crippen molar-refractivity contribution >= 4 is 5.69 Å². The minimum atomic E-state index is -0.700. The molecule has 4 rings (SSSR count). The van der Waals surface area contributed by atoms with Crippen molar-refractivity contribution < 1.29 is 13.2 Å². The third-order valence-electron chi connectivity index (χ3n) is 3.97. The smallest absolute Gasteiger partial charge is 0.151 e. The Morgan fingerprint density at radius 1 is 0.852 bits per heavy atom. The maximum Gasteiger partial charge on any atom is 0.151 e. The van der Waals surface area contributed by atoms with E-state index in [0.717, 1.165) is 6.07 Å². The molecule has 0 fully saturated rings. The summed E-state index contributed by atoms with van der Waals surface area (Å²) in [7, 11) is 0. The molecule has 27 heavy (non-hydrogen) atoms. The van der Waals surface area contributed by atoms with Gasteiger partial charge in [-0.2, -0.15) is 10.2 Å². The van der Waals surface area contributed by atoms with E-state index < -0.39 is 17.5 Å². The molecular formula is C19H14F3N5. The lowest BCUT2D eigenvalue weighted by molar-refractivity contribution is 0.573. The highest BCUT2D eigenvalue weighted by atomic mass is 19.1. The first-order chi connectivity index (χ1) is 13.1. The van der Waals surface area contributed by atoms with Gasteiger partial charge in [0.15, 0.2) is 11.6 Å². The maximum atomic E-state index is 14.2. The van der Waals surface area contributed by atoms with Crippen molar-refractivity contribution in [1.82, 2.24) is 19.6 Å². The van der Waals surface area contributed by atoms with Crippen molar-refractivity contribution in [3.05, 3.63) is 90.3 Å². The summed E-state index contributed by atoms with van der Waals surface area (Å²) in [6.07, 6.45) is 4.81. The fraction of sp³-hybridized carbons (Fsp3) is 0.0526. The molecule has 8 heteroatoms. The Balaban J connectivity index is 1.46. The number of rotatable bonds is 5. The highest BCUT2D eigenvalue weighted by Gasteiger charge is 2.09. The van der Waals surface area contributed by atoms with Crippen LogP contribution in [0.15, 0.2) is 67.1 Å². The predicted octanol–water partition coefficient (Wildman–Crippen LogP) is 4.09. The van der Waals surface area contributed by atoms with Crippen LogP contribution in [-0.2, 0) is 6.54 Å². The Morgan fingerprint density at radius 2 is 1.63 bits per heavy atom. The van der Waals surface area contributed by atoms with Gasteiger partial charge in [0.1, 0.15) is 17.2 Å². The highest BCUT2D eigenvalue weighted by Crippen LogP contribution is 2.19. The van der Waals surface area contributed by atoms with Crippen molar-refractivity contribution in [3.63, 3.8) is 0 Å². The number of hydrogen-bond donors (Lipinski definition) is 1. The highest BCUT2D eigenvalue weighted by molar-refractivity contribution is 5.49. The van der Waals surface area contributed by atoms with Crippen LogP contribution in [0, 0.1) is 17.5 Å². The summed E-state index contributed by atoms with van der Waals surface area (Å²) in [6.45, 7) is 0.316. The normalized spacial score (nSPS) is 10.9. The minimum absolute atomic E-state index is 0.150. The molecule has 0 radical (unpaired) electrons. The summed E-state index contributed by atoms with van der Waals surface area (Å²) in [4.78, 5) is 0. The molecule has 0 saturated heterocycles. The molecule has 2 aromatic carbocycles. The second-order valence-electron chi connectivity index (χ2n) is 5.82. The molecule has 0 unspecified atom stereocenters. The zero-order valence-electron chi connectivity index (χ0n) is 14.0. The number of aromatic nitrogens is 4. The molecule has 0 saturated carbocycles. The second kappa shape index (κ2) is 6.99. The Hall–Kier alpha value is -3.55. The summed E-state index contributed by atoms with van der Waals surface area (Å²) in [5.41, 5.74) is 1.69. The molecule has 0 atom stereocenters. The minimum Gasteiger partial charge on any atom is -0.379 e. The first kappa shape index (κ1) is 16.9. The Labute approximate surface area is 152 Å². The second-order valence-corrected chi connectivity index (χ2v) is 5.82. The van der Waals surface area contributed by atoms with Crippen molar-refractivity contribution in [2.24, 2.45) is 0 Å². The molecule has 2 heterocycles. The van der Waals surface area contributed by atoms with Gasteiger partial charge in [0.2, 0.25) is 0 Å². The van der Waals surface area contributed by atoms with E-state index in [-0.39, 0.29) is 5.69 Å². The van der Waals surface area contributed by atoms with Crippen molar-refractivity contribution in [1.29, 1.82) is 0 Å². The first-order valence-corrected chi connectivity index (χ1v) is 8.13. The van der Waals surface area contributed by atoms with Crippen molar-refractivity contribution in [2.45, 2.75) is 6.54 Å². The third kappa shape index (κ3) is 3.55. The van der Waals surface area contributed by atoms with E-state index in [1.54, 1.807) is 42.9 Å². The number of halogens is 3. The number of benzene rings is 2. The van der Waals surface area contributed by atoms with E-state index in [9.17, 15) is 13.2 Å². The molecule has 0 spiro atoms. The number of anilines is 1. The lowest BCUT2D eigenvalue weighted by Crippen LogP contribution is -2.04. The van der Waals surface area contributed by atoms with Gasteiger partial charge in [-0.3, -0.25) is 0 Å². The van der Waals surface area contributed by atoms with Crippen LogP contribution in [0.2, 0.25) is 0 Å². The summed E-state index contributed by atoms with van der Waals surface area (Å²) in [5, 5.41) is 11.3. The molecule has 0 aliphatic heterocycles. The third-order valence-corrected chi connectivity index (χ3v) is 3.97. The Kier molecular flexibility index (Phi) is 4.37. The van der Waals surface area contributed by atoms with Crippen molar-refractivity contribution in [2.75, 3.05) is 5.32 Å². The van der Waals surface area contributed by atoms with E-state index in [4.69, 9.17) is 0 Å².